The van der Waals surface area contributed by atoms with Crippen LogP contribution in [0.5, 0.6) is 0 Å². The Morgan fingerprint density at radius 2 is 1.92 bits per heavy atom. The Bertz CT molecular complexity index is 1500. The van der Waals surface area contributed by atoms with E-state index in [1.807, 2.05) is 13.8 Å². The van der Waals surface area contributed by atoms with Crippen molar-refractivity contribution in [2.75, 3.05) is 18.1 Å². The van der Waals surface area contributed by atoms with Gasteiger partial charge in [0.05, 0.1) is 29.5 Å². The molecular formula is C23H22ClF4N5O3S. The molecule has 0 fully saturated rings. The van der Waals surface area contributed by atoms with E-state index in [1.165, 1.54) is 12.1 Å². The molecule has 0 aliphatic carbocycles. The molecule has 0 amide bonds. The van der Waals surface area contributed by atoms with Gasteiger partial charge in [-0.15, -0.1) is 0 Å². The molecule has 0 spiro atoms. The van der Waals surface area contributed by atoms with Crippen LogP contribution in [-0.2, 0) is 22.9 Å². The van der Waals surface area contributed by atoms with Crippen LogP contribution in [0, 0.1) is 12.7 Å². The zero-order valence-corrected chi connectivity index (χ0v) is 21.3. The molecule has 198 valence electrons. The molecule has 1 aliphatic rings. The van der Waals surface area contributed by atoms with E-state index in [4.69, 9.17) is 11.6 Å². The third-order valence-corrected chi connectivity index (χ3v) is 7.62. The number of ketones is 1. The van der Waals surface area contributed by atoms with Crippen LogP contribution < -0.4 is 5.01 Å². The number of benzene rings is 1. The van der Waals surface area contributed by atoms with Gasteiger partial charge >= 0.3 is 15.5 Å². The molecule has 14 heteroatoms. The first-order valence-electron chi connectivity index (χ1n) is 11.2. The molecule has 0 saturated heterocycles. The average Bonchev–Trinajstić information content (AvgIpc) is 3.21. The highest BCUT2D eigenvalue weighted by Crippen LogP contribution is 2.29. The number of rotatable bonds is 7. The van der Waals surface area contributed by atoms with E-state index in [2.05, 4.69) is 10.1 Å². The quantitative estimate of drug-likeness (QED) is 0.309. The van der Waals surface area contributed by atoms with Gasteiger partial charge in [-0.25, -0.2) is 13.7 Å². The van der Waals surface area contributed by atoms with Crippen molar-refractivity contribution >= 4 is 45.1 Å². The number of carbonyl (C=O) groups excluding carboxylic acids is 1. The van der Waals surface area contributed by atoms with Gasteiger partial charge in [0.25, 0.3) is 0 Å². The van der Waals surface area contributed by atoms with Crippen LogP contribution in [0.3, 0.4) is 0 Å². The molecule has 3 aromatic rings. The summed E-state index contributed by atoms with van der Waals surface area (Å²) in [6, 6.07) is 5.94. The van der Waals surface area contributed by atoms with E-state index in [9.17, 15) is 30.8 Å². The standard InChI is InChI=1S/C23H22ClF4N5O3S/c1-3-18-21(32-12-14(2)10-16(24)22(32)30-18)20(34)7-5-15-4-6-19(17(25)11-15)33-9-8-31(13-29-33)37(35,36)23(26,27)28/h4,6,10-13H,3,5,7-9H2,1-2H3. The monoisotopic (exact) mass is 559 g/mol. The lowest BCUT2D eigenvalue weighted by Gasteiger charge is -2.29. The number of imidazole rings is 1. The maximum absolute atomic E-state index is 14.8. The summed E-state index contributed by atoms with van der Waals surface area (Å²) in [7, 11) is -5.56. The van der Waals surface area contributed by atoms with Gasteiger partial charge in [0, 0.05) is 12.6 Å². The molecule has 0 N–H and O–H groups in total. The summed E-state index contributed by atoms with van der Waals surface area (Å²) in [6.45, 7) is 2.91. The summed E-state index contributed by atoms with van der Waals surface area (Å²) >= 11 is 6.30. The zero-order chi connectivity index (χ0) is 27.1. The second-order valence-electron chi connectivity index (χ2n) is 8.44. The minimum Gasteiger partial charge on any atom is -0.295 e. The van der Waals surface area contributed by atoms with E-state index < -0.39 is 27.9 Å². The maximum atomic E-state index is 14.8. The lowest BCUT2D eigenvalue weighted by atomic mass is 10.0. The minimum absolute atomic E-state index is 0.0319. The number of sulfonamides is 1. The first-order valence-corrected chi connectivity index (χ1v) is 13.0. The van der Waals surface area contributed by atoms with Crippen LogP contribution in [0.1, 0.15) is 40.7 Å². The molecule has 1 aliphatic heterocycles. The van der Waals surface area contributed by atoms with Gasteiger partial charge in [-0.05, 0) is 49.1 Å². The van der Waals surface area contributed by atoms with Crippen molar-refractivity contribution in [2.45, 2.75) is 38.6 Å². The molecule has 3 heterocycles. The Morgan fingerprint density at radius 1 is 1.19 bits per heavy atom. The summed E-state index contributed by atoms with van der Waals surface area (Å²) < 4.78 is 77.7. The lowest BCUT2D eigenvalue weighted by Crippen LogP contribution is -2.46. The van der Waals surface area contributed by atoms with Crippen molar-refractivity contribution in [2.24, 2.45) is 5.10 Å². The number of fused-ring (bicyclic) bond motifs is 1. The van der Waals surface area contributed by atoms with Crippen LogP contribution in [0.4, 0.5) is 23.2 Å². The maximum Gasteiger partial charge on any atom is 0.516 e. The fourth-order valence-corrected chi connectivity index (χ4v) is 5.10. The molecule has 0 radical (unpaired) electrons. The Balaban J connectivity index is 1.48. The summed E-state index contributed by atoms with van der Waals surface area (Å²) in [5, 5.41) is 5.17. The van der Waals surface area contributed by atoms with Crippen molar-refractivity contribution in [3.05, 3.63) is 63.8 Å². The Kier molecular flexibility index (Phi) is 7.21. The van der Waals surface area contributed by atoms with Crippen molar-refractivity contribution in [1.82, 2.24) is 13.7 Å². The molecule has 37 heavy (non-hydrogen) atoms. The van der Waals surface area contributed by atoms with Gasteiger partial charge in [0.15, 0.2) is 11.4 Å². The Labute approximate surface area is 215 Å². The smallest absolute Gasteiger partial charge is 0.295 e. The topological polar surface area (TPSA) is 87.4 Å². The van der Waals surface area contributed by atoms with E-state index in [-0.39, 0.29) is 35.2 Å². The van der Waals surface area contributed by atoms with Crippen molar-refractivity contribution < 1.29 is 30.8 Å². The number of Topliss-reactive ketones (excluding diaryl/α,β-unsaturated/α-hetero) is 1. The highest BCUT2D eigenvalue weighted by Gasteiger charge is 2.50. The highest BCUT2D eigenvalue weighted by atomic mass is 35.5. The molecular weight excluding hydrogens is 538 g/mol. The number of aromatic nitrogens is 2. The van der Waals surface area contributed by atoms with Crippen molar-refractivity contribution in [1.29, 1.82) is 0 Å². The second kappa shape index (κ2) is 9.93. The molecule has 1 aromatic carbocycles. The third kappa shape index (κ3) is 5.14. The number of pyridine rings is 1. The summed E-state index contributed by atoms with van der Waals surface area (Å²) in [4.78, 5) is 17.6. The number of carbonyl (C=O) groups is 1. The molecule has 0 saturated carbocycles. The zero-order valence-electron chi connectivity index (χ0n) is 19.8. The third-order valence-electron chi connectivity index (χ3n) is 5.87. The van der Waals surface area contributed by atoms with Gasteiger partial charge in [0.1, 0.15) is 17.8 Å². The van der Waals surface area contributed by atoms with Crippen LogP contribution in [0.25, 0.3) is 5.65 Å². The minimum atomic E-state index is -5.56. The number of hydrazone groups is 1. The van der Waals surface area contributed by atoms with Crippen LogP contribution in [-0.4, -0.2) is 52.8 Å². The number of alkyl halides is 3. The molecule has 4 rings (SSSR count). The van der Waals surface area contributed by atoms with Gasteiger partial charge in [-0.3, -0.25) is 14.2 Å². The summed E-state index contributed by atoms with van der Waals surface area (Å²) in [5.41, 5.74) is -2.56. The van der Waals surface area contributed by atoms with Crippen LogP contribution in [0.2, 0.25) is 5.02 Å². The molecule has 0 unspecified atom stereocenters. The van der Waals surface area contributed by atoms with Crippen molar-refractivity contribution in [3.63, 3.8) is 0 Å². The number of hydrogen-bond acceptors (Lipinski definition) is 6. The first-order chi connectivity index (χ1) is 17.3. The largest absolute Gasteiger partial charge is 0.516 e. The van der Waals surface area contributed by atoms with Gasteiger partial charge in [-0.1, -0.05) is 24.6 Å². The van der Waals surface area contributed by atoms with Gasteiger partial charge in [0.2, 0.25) is 0 Å². The van der Waals surface area contributed by atoms with Crippen LogP contribution >= 0.6 is 11.6 Å². The van der Waals surface area contributed by atoms with Gasteiger partial charge in [-0.2, -0.15) is 26.7 Å². The molecule has 0 bridgehead atoms. The van der Waals surface area contributed by atoms with E-state index in [0.717, 1.165) is 10.6 Å². The number of hydrogen-bond donors (Lipinski definition) is 0. The fraction of sp³-hybridized carbons (Fsp3) is 0.348. The van der Waals surface area contributed by atoms with Gasteiger partial charge < -0.3 is 0 Å². The lowest BCUT2D eigenvalue weighted by molar-refractivity contribution is -0.0471. The average molecular weight is 560 g/mol. The summed E-state index contributed by atoms with van der Waals surface area (Å²) in [5.74, 6) is -0.886. The highest BCUT2D eigenvalue weighted by molar-refractivity contribution is 7.90. The second-order valence-corrected chi connectivity index (χ2v) is 10.7. The molecule has 0 atom stereocenters. The van der Waals surface area contributed by atoms with Crippen molar-refractivity contribution in [3.8, 4) is 0 Å². The SMILES string of the molecule is CCc1nc2c(Cl)cc(C)cn2c1C(=O)CCc1ccc(N2CCN(S(=O)(=O)C(F)(F)F)C=N2)c(F)c1. The molecule has 8 nitrogen and oxygen atoms in total. The van der Waals surface area contributed by atoms with E-state index >= 15 is 0 Å². The first kappa shape index (κ1) is 26.9. The number of halogens is 5. The predicted molar refractivity (Wildman–Crippen MR) is 131 cm³/mol. The number of anilines is 1. The Morgan fingerprint density at radius 3 is 2.51 bits per heavy atom. The van der Waals surface area contributed by atoms with E-state index in [1.54, 1.807) is 22.7 Å². The van der Waals surface area contributed by atoms with E-state index in [0.29, 0.717) is 40.4 Å². The number of nitrogens with zero attached hydrogens (tertiary/aromatic N) is 5. The predicted octanol–water partition coefficient (Wildman–Crippen LogP) is 4.73. The number of aryl methyl sites for hydroxylation is 3. The Hall–Kier alpha value is -3.19. The summed E-state index contributed by atoms with van der Waals surface area (Å²) in [6.07, 6.45) is 3.13. The fourth-order valence-electron chi connectivity index (χ4n) is 4.04. The molecule has 2 aromatic heterocycles. The van der Waals surface area contributed by atoms with Crippen LogP contribution in [0.15, 0.2) is 35.6 Å². The normalized spacial score (nSPS) is 14.6.